The van der Waals surface area contributed by atoms with Gasteiger partial charge in [0, 0.05) is 19.0 Å². The minimum absolute atomic E-state index is 0.219. The smallest absolute Gasteiger partial charge is 0.223 e. The summed E-state index contributed by atoms with van der Waals surface area (Å²) in [5.74, 6) is 1.10. The minimum atomic E-state index is 0.219. The fourth-order valence-electron chi connectivity index (χ4n) is 2.87. The van der Waals surface area contributed by atoms with Gasteiger partial charge in [-0.2, -0.15) is 0 Å². The summed E-state index contributed by atoms with van der Waals surface area (Å²) >= 11 is 0. The average Bonchev–Trinajstić information content (AvgIpc) is 2.48. The standard InChI is InChI=1S/C16H24N2O/c1-17-11-12-18-16(19)15-9-7-14(8-10-15)13-5-3-2-4-6-13/h2-6,14-15,17H,7-12H2,1H3,(H,18,19). The summed E-state index contributed by atoms with van der Waals surface area (Å²) in [6, 6.07) is 10.7. The molecule has 1 aromatic carbocycles. The van der Waals surface area contributed by atoms with Crippen LogP contribution in [0.1, 0.15) is 37.2 Å². The molecule has 0 aliphatic heterocycles. The van der Waals surface area contributed by atoms with Crippen LogP contribution < -0.4 is 10.6 Å². The van der Waals surface area contributed by atoms with Gasteiger partial charge in [0.2, 0.25) is 5.91 Å². The Labute approximate surface area is 115 Å². The Hall–Kier alpha value is -1.35. The van der Waals surface area contributed by atoms with Crippen LogP contribution in [0.5, 0.6) is 0 Å². The molecule has 0 bridgehead atoms. The number of benzene rings is 1. The molecular formula is C16H24N2O. The van der Waals surface area contributed by atoms with E-state index in [1.54, 1.807) is 0 Å². The lowest BCUT2D eigenvalue weighted by molar-refractivity contribution is -0.125. The van der Waals surface area contributed by atoms with E-state index < -0.39 is 0 Å². The van der Waals surface area contributed by atoms with Crippen LogP contribution in [0.3, 0.4) is 0 Å². The van der Waals surface area contributed by atoms with Crippen molar-refractivity contribution in [1.29, 1.82) is 0 Å². The van der Waals surface area contributed by atoms with Crippen molar-refractivity contribution >= 4 is 5.91 Å². The van der Waals surface area contributed by atoms with E-state index in [9.17, 15) is 4.79 Å². The largest absolute Gasteiger partial charge is 0.355 e. The van der Waals surface area contributed by atoms with Crippen LogP contribution in [-0.4, -0.2) is 26.0 Å². The van der Waals surface area contributed by atoms with Crippen molar-refractivity contribution in [2.45, 2.75) is 31.6 Å². The minimum Gasteiger partial charge on any atom is -0.355 e. The Morgan fingerprint density at radius 3 is 2.42 bits per heavy atom. The summed E-state index contributed by atoms with van der Waals surface area (Å²) in [5, 5.41) is 6.05. The molecule has 3 nitrogen and oxygen atoms in total. The van der Waals surface area contributed by atoms with Gasteiger partial charge in [0.25, 0.3) is 0 Å². The Kier molecular flexibility index (Phi) is 5.40. The van der Waals surface area contributed by atoms with E-state index in [2.05, 4.69) is 41.0 Å². The molecule has 19 heavy (non-hydrogen) atoms. The molecule has 0 radical (unpaired) electrons. The Morgan fingerprint density at radius 2 is 1.79 bits per heavy atom. The normalized spacial score (nSPS) is 23.0. The molecule has 0 spiro atoms. The van der Waals surface area contributed by atoms with Crippen LogP contribution in [0.2, 0.25) is 0 Å². The average molecular weight is 260 g/mol. The SMILES string of the molecule is CNCCNC(=O)C1CCC(c2ccccc2)CC1. The lowest BCUT2D eigenvalue weighted by Crippen LogP contribution is -2.36. The quantitative estimate of drug-likeness (QED) is 0.798. The van der Waals surface area contributed by atoms with Crippen molar-refractivity contribution in [1.82, 2.24) is 10.6 Å². The zero-order valence-electron chi connectivity index (χ0n) is 11.7. The molecule has 1 fully saturated rings. The summed E-state index contributed by atoms with van der Waals surface area (Å²) in [7, 11) is 1.90. The molecule has 0 unspecified atom stereocenters. The summed E-state index contributed by atoms with van der Waals surface area (Å²) in [6.45, 7) is 1.57. The highest BCUT2D eigenvalue weighted by molar-refractivity contribution is 5.78. The summed E-state index contributed by atoms with van der Waals surface area (Å²) in [5.41, 5.74) is 1.43. The molecule has 2 rings (SSSR count). The lowest BCUT2D eigenvalue weighted by atomic mass is 9.78. The zero-order chi connectivity index (χ0) is 13.5. The second kappa shape index (κ2) is 7.29. The van der Waals surface area contributed by atoms with Crippen molar-refractivity contribution < 1.29 is 4.79 Å². The number of amides is 1. The van der Waals surface area contributed by atoms with Crippen LogP contribution in [0, 0.1) is 5.92 Å². The van der Waals surface area contributed by atoms with Crippen LogP contribution >= 0.6 is 0 Å². The molecule has 1 aliphatic rings. The van der Waals surface area contributed by atoms with Crippen LogP contribution in [0.15, 0.2) is 30.3 Å². The highest BCUT2D eigenvalue weighted by atomic mass is 16.1. The van der Waals surface area contributed by atoms with E-state index in [1.165, 1.54) is 5.56 Å². The molecule has 0 saturated heterocycles. The fourth-order valence-corrected chi connectivity index (χ4v) is 2.87. The summed E-state index contributed by atoms with van der Waals surface area (Å²) in [6.07, 6.45) is 4.30. The summed E-state index contributed by atoms with van der Waals surface area (Å²) < 4.78 is 0. The van der Waals surface area contributed by atoms with E-state index in [0.717, 1.165) is 38.8 Å². The van der Waals surface area contributed by atoms with Crippen molar-refractivity contribution in [3.63, 3.8) is 0 Å². The molecule has 104 valence electrons. The molecular weight excluding hydrogens is 236 g/mol. The van der Waals surface area contributed by atoms with Gasteiger partial charge in [-0.1, -0.05) is 30.3 Å². The second-order valence-electron chi connectivity index (χ2n) is 5.35. The fraction of sp³-hybridized carbons (Fsp3) is 0.562. The third-order valence-electron chi connectivity index (χ3n) is 4.04. The first-order valence-corrected chi connectivity index (χ1v) is 7.28. The molecule has 1 aromatic rings. The highest BCUT2D eigenvalue weighted by Crippen LogP contribution is 2.35. The number of hydrogen-bond acceptors (Lipinski definition) is 2. The Bertz CT molecular complexity index is 383. The number of carbonyl (C=O) groups excluding carboxylic acids is 1. The molecule has 0 heterocycles. The third kappa shape index (κ3) is 4.06. The van der Waals surface area contributed by atoms with Crippen molar-refractivity contribution in [3.8, 4) is 0 Å². The van der Waals surface area contributed by atoms with Crippen molar-refractivity contribution in [3.05, 3.63) is 35.9 Å². The number of rotatable bonds is 5. The number of carbonyl (C=O) groups is 1. The molecule has 2 N–H and O–H groups in total. The van der Waals surface area contributed by atoms with E-state index in [4.69, 9.17) is 0 Å². The molecule has 0 aromatic heterocycles. The maximum atomic E-state index is 12.0. The molecule has 1 amide bonds. The molecule has 0 atom stereocenters. The molecule has 3 heteroatoms. The van der Waals surface area contributed by atoms with Crippen molar-refractivity contribution in [2.24, 2.45) is 5.92 Å². The highest BCUT2D eigenvalue weighted by Gasteiger charge is 2.26. The first-order valence-electron chi connectivity index (χ1n) is 7.28. The van der Waals surface area contributed by atoms with Gasteiger partial charge in [0.05, 0.1) is 0 Å². The third-order valence-corrected chi connectivity index (χ3v) is 4.04. The van der Waals surface area contributed by atoms with Crippen LogP contribution in [-0.2, 0) is 4.79 Å². The van der Waals surface area contributed by atoms with Gasteiger partial charge in [-0.15, -0.1) is 0 Å². The van der Waals surface area contributed by atoms with Gasteiger partial charge in [-0.05, 0) is 44.2 Å². The van der Waals surface area contributed by atoms with Gasteiger partial charge in [-0.25, -0.2) is 0 Å². The predicted molar refractivity (Wildman–Crippen MR) is 78.1 cm³/mol. The number of hydrogen-bond donors (Lipinski definition) is 2. The maximum Gasteiger partial charge on any atom is 0.223 e. The maximum absolute atomic E-state index is 12.0. The van der Waals surface area contributed by atoms with E-state index in [0.29, 0.717) is 5.92 Å². The molecule has 1 aliphatic carbocycles. The Balaban J connectivity index is 1.77. The topological polar surface area (TPSA) is 41.1 Å². The van der Waals surface area contributed by atoms with Gasteiger partial charge in [0.1, 0.15) is 0 Å². The van der Waals surface area contributed by atoms with Gasteiger partial charge < -0.3 is 10.6 Å². The van der Waals surface area contributed by atoms with E-state index in [1.807, 2.05) is 7.05 Å². The van der Waals surface area contributed by atoms with Crippen LogP contribution in [0.25, 0.3) is 0 Å². The van der Waals surface area contributed by atoms with Gasteiger partial charge >= 0.3 is 0 Å². The molecule has 1 saturated carbocycles. The zero-order valence-corrected chi connectivity index (χ0v) is 11.7. The predicted octanol–water partition coefficient (Wildman–Crippen LogP) is 2.30. The van der Waals surface area contributed by atoms with Crippen LogP contribution in [0.4, 0.5) is 0 Å². The summed E-state index contributed by atoms with van der Waals surface area (Å²) in [4.78, 5) is 12.0. The lowest BCUT2D eigenvalue weighted by Gasteiger charge is -2.28. The first-order chi connectivity index (χ1) is 9.31. The van der Waals surface area contributed by atoms with Crippen molar-refractivity contribution in [2.75, 3.05) is 20.1 Å². The van der Waals surface area contributed by atoms with Gasteiger partial charge in [0.15, 0.2) is 0 Å². The number of nitrogens with one attached hydrogen (secondary N) is 2. The van der Waals surface area contributed by atoms with E-state index in [-0.39, 0.29) is 11.8 Å². The Morgan fingerprint density at radius 1 is 1.11 bits per heavy atom. The van der Waals surface area contributed by atoms with E-state index >= 15 is 0 Å². The van der Waals surface area contributed by atoms with Gasteiger partial charge in [-0.3, -0.25) is 4.79 Å². The number of likely N-dealkylation sites (N-methyl/N-ethyl adjacent to an activating group) is 1. The first kappa shape index (κ1) is 14.1. The monoisotopic (exact) mass is 260 g/mol. The second-order valence-corrected chi connectivity index (χ2v) is 5.35.